The number of hydrogen-bond donors (Lipinski definition) is 0. The molecule has 0 radical (unpaired) electrons. The normalized spacial score (nSPS) is 11.8. The van der Waals surface area contributed by atoms with Crippen LogP contribution in [0.5, 0.6) is 0 Å². The predicted octanol–water partition coefficient (Wildman–Crippen LogP) is 18.7. The Morgan fingerprint density at radius 1 is 0.235 bits per heavy atom. The van der Waals surface area contributed by atoms with E-state index in [1.165, 1.54) is 118 Å². The van der Waals surface area contributed by atoms with Gasteiger partial charge >= 0.3 is 0 Å². The van der Waals surface area contributed by atoms with Crippen molar-refractivity contribution in [3.63, 3.8) is 0 Å². The zero-order valence-electron chi connectivity index (χ0n) is 36.7. The molecule has 0 aliphatic rings. The third kappa shape index (κ3) is 6.37. The third-order valence-electron chi connectivity index (χ3n) is 13.7. The Bertz CT molecular complexity index is 3990. The van der Waals surface area contributed by atoms with Gasteiger partial charge in [0.25, 0.3) is 0 Å². The molecular formula is C64H38N2S2. The Hall–Kier alpha value is -8.28. The SMILES string of the molecule is c1ccc(-c2ccc3sc4c(-c5ccc6c7ccc(-c8cc(-c9ccccc9)cc9c8sc8ccc(-c%10ccccc%10)cc89)cc7c7nccnc7c6c5)cc(-c5ccccc5)cc4c3c2)cc1. The second-order valence-corrected chi connectivity index (χ2v) is 19.8. The first kappa shape index (κ1) is 38.9. The van der Waals surface area contributed by atoms with Crippen molar-refractivity contribution in [3.8, 4) is 66.8 Å². The molecule has 0 aliphatic heterocycles. The van der Waals surface area contributed by atoms with E-state index in [1.807, 2.05) is 35.1 Å². The van der Waals surface area contributed by atoms with Crippen molar-refractivity contribution >= 4 is 95.6 Å². The average Bonchev–Trinajstić information content (AvgIpc) is 3.99. The van der Waals surface area contributed by atoms with Crippen LogP contribution in [0.3, 0.4) is 0 Å². The van der Waals surface area contributed by atoms with E-state index < -0.39 is 0 Å². The van der Waals surface area contributed by atoms with Gasteiger partial charge in [-0.3, -0.25) is 9.97 Å². The van der Waals surface area contributed by atoms with Crippen molar-refractivity contribution in [2.24, 2.45) is 0 Å². The minimum absolute atomic E-state index is 0.909. The van der Waals surface area contributed by atoms with Crippen molar-refractivity contribution < 1.29 is 0 Å². The Balaban J connectivity index is 0.966. The molecule has 14 rings (SSSR count). The van der Waals surface area contributed by atoms with Gasteiger partial charge in [-0.2, -0.15) is 0 Å². The Kier molecular flexibility index (Phi) is 8.98. The lowest BCUT2D eigenvalue weighted by atomic mass is 9.91. The van der Waals surface area contributed by atoms with Gasteiger partial charge in [0.15, 0.2) is 0 Å². The van der Waals surface area contributed by atoms with Crippen LogP contribution in [0.1, 0.15) is 0 Å². The number of aromatic nitrogens is 2. The van der Waals surface area contributed by atoms with Gasteiger partial charge in [0.1, 0.15) is 0 Å². The maximum atomic E-state index is 5.11. The van der Waals surface area contributed by atoms with Crippen LogP contribution in [0, 0.1) is 0 Å². The van der Waals surface area contributed by atoms with Crippen molar-refractivity contribution in [1.82, 2.24) is 9.97 Å². The Morgan fingerprint density at radius 3 is 0.971 bits per heavy atom. The first-order valence-corrected chi connectivity index (χ1v) is 24.7. The van der Waals surface area contributed by atoms with Crippen LogP contribution in [0.2, 0.25) is 0 Å². The topological polar surface area (TPSA) is 25.8 Å². The molecule has 0 aliphatic carbocycles. The molecule has 0 amide bonds. The summed E-state index contributed by atoms with van der Waals surface area (Å²) < 4.78 is 5.13. The Morgan fingerprint density at radius 2 is 0.574 bits per heavy atom. The van der Waals surface area contributed by atoms with Crippen LogP contribution in [0.25, 0.3) is 140 Å². The lowest BCUT2D eigenvalue weighted by Crippen LogP contribution is -1.91. The van der Waals surface area contributed by atoms with Gasteiger partial charge < -0.3 is 0 Å². The van der Waals surface area contributed by atoms with Gasteiger partial charge in [-0.05, 0) is 127 Å². The average molecular weight is 899 g/mol. The molecule has 0 spiro atoms. The minimum Gasteiger partial charge on any atom is -0.252 e. The largest absolute Gasteiger partial charge is 0.252 e. The standard InChI is InChI=1S/C64H38N2S2/c1-5-13-39(14-6-1)43-23-27-59-53(31-43)57-37-47(41-17-9-3-10-18-41)35-51(63(57)67-59)45-21-25-49-50-26-22-46(34-56(50)62-61(55(49)33-45)65-29-30-66-62)52-36-48(42-19-11-4-12-20-42)38-58-54-32-44(40-15-7-2-8-16-40)24-28-60(54)68-64(52)58/h1-38H. The first-order valence-electron chi connectivity index (χ1n) is 23.0. The van der Waals surface area contributed by atoms with Crippen LogP contribution < -0.4 is 0 Å². The van der Waals surface area contributed by atoms with E-state index in [4.69, 9.17) is 9.97 Å². The molecule has 0 unspecified atom stereocenters. The van der Waals surface area contributed by atoms with Crippen LogP contribution in [-0.4, -0.2) is 9.97 Å². The molecule has 0 saturated carbocycles. The summed E-state index contributed by atoms with van der Waals surface area (Å²) in [5.41, 5.74) is 16.3. The van der Waals surface area contributed by atoms with Gasteiger partial charge in [0, 0.05) is 74.6 Å². The molecule has 4 heteroatoms. The molecule has 3 heterocycles. The quantitative estimate of drug-likeness (QED) is 0.155. The highest BCUT2D eigenvalue weighted by atomic mass is 32.1. The number of rotatable bonds is 6. The second kappa shape index (κ2) is 15.7. The highest BCUT2D eigenvalue weighted by Crippen LogP contribution is 2.48. The van der Waals surface area contributed by atoms with E-state index >= 15 is 0 Å². The molecule has 0 N–H and O–H groups in total. The molecule has 11 aromatic carbocycles. The maximum absolute atomic E-state index is 5.11. The zero-order valence-corrected chi connectivity index (χ0v) is 38.3. The number of benzene rings is 11. The molecule has 14 aromatic rings. The van der Waals surface area contributed by atoms with Crippen molar-refractivity contribution in [1.29, 1.82) is 0 Å². The van der Waals surface area contributed by atoms with Crippen LogP contribution in [0.4, 0.5) is 0 Å². The summed E-state index contributed by atoms with van der Waals surface area (Å²) in [7, 11) is 0. The molecule has 0 atom stereocenters. The molecule has 0 bridgehead atoms. The van der Waals surface area contributed by atoms with Crippen LogP contribution in [-0.2, 0) is 0 Å². The summed E-state index contributed by atoms with van der Waals surface area (Å²) in [5, 5.41) is 9.65. The first-order chi connectivity index (χ1) is 33.7. The molecule has 3 aromatic heterocycles. The number of fused-ring (bicyclic) bond motifs is 12. The lowest BCUT2D eigenvalue weighted by Gasteiger charge is -2.14. The van der Waals surface area contributed by atoms with Gasteiger partial charge in [0.05, 0.1) is 11.0 Å². The monoisotopic (exact) mass is 898 g/mol. The summed E-state index contributed by atoms with van der Waals surface area (Å²) in [6.45, 7) is 0. The van der Waals surface area contributed by atoms with Crippen LogP contribution in [0.15, 0.2) is 231 Å². The van der Waals surface area contributed by atoms with Gasteiger partial charge in [-0.15, -0.1) is 22.7 Å². The summed E-state index contributed by atoms with van der Waals surface area (Å²) in [6, 6.07) is 80.3. The van der Waals surface area contributed by atoms with Gasteiger partial charge in [-0.1, -0.05) is 158 Å². The van der Waals surface area contributed by atoms with E-state index in [2.05, 4.69) is 218 Å². The van der Waals surface area contributed by atoms with Crippen LogP contribution >= 0.6 is 22.7 Å². The summed E-state index contributed by atoms with van der Waals surface area (Å²) in [5.74, 6) is 0. The summed E-state index contributed by atoms with van der Waals surface area (Å²) in [6.07, 6.45) is 3.67. The Labute approximate surface area is 400 Å². The fourth-order valence-electron chi connectivity index (χ4n) is 10.4. The minimum atomic E-state index is 0.909. The van der Waals surface area contributed by atoms with E-state index in [0.717, 1.165) is 21.8 Å². The van der Waals surface area contributed by atoms with Crippen molar-refractivity contribution in [2.45, 2.75) is 0 Å². The van der Waals surface area contributed by atoms with E-state index in [-0.39, 0.29) is 0 Å². The molecule has 0 saturated heterocycles. The number of hydrogen-bond acceptors (Lipinski definition) is 4. The number of thiophene rings is 2. The fraction of sp³-hybridized carbons (Fsp3) is 0. The summed E-state index contributed by atoms with van der Waals surface area (Å²) in [4.78, 5) is 10.2. The third-order valence-corrected chi connectivity index (χ3v) is 16.2. The van der Waals surface area contributed by atoms with Gasteiger partial charge in [0.2, 0.25) is 0 Å². The van der Waals surface area contributed by atoms with Crippen molar-refractivity contribution in [2.75, 3.05) is 0 Å². The lowest BCUT2D eigenvalue weighted by molar-refractivity contribution is 1.31. The molecular weight excluding hydrogens is 861 g/mol. The second-order valence-electron chi connectivity index (χ2n) is 17.7. The summed E-state index contributed by atoms with van der Waals surface area (Å²) >= 11 is 3.75. The molecule has 68 heavy (non-hydrogen) atoms. The van der Waals surface area contributed by atoms with E-state index in [1.54, 1.807) is 0 Å². The van der Waals surface area contributed by atoms with Crippen molar-refractivity contribution in [3.05, 3.63) is 231 Å². The van der Waals surface area contributed by atoms with Gasteiger partial charge in [-0.25, -0.2) is 0 Å². The number of nitrogens with zero attached hydrogens (tertiary/aromatic N) is 2. The molecule has 0 fully saturated rings. The highest BCUT2D eigenvalue weighted by Gasteiger charge is 2.20. The smallest absolute Gasteiger partial charge is 0.0971 e. The van der Waals surface area contributed by atoms with E-state index in [0.29, 0.717) is 0 Å². The zero-order chi connectivity index (χ0) is 44.7. The maximum Gasteiger partial charge on any atom is 0.0971 e. The van der Waals surface area contributed by atoms with E-state index in [9.17, 15) is 0 Å². The predicted molar refractivity (Wildman–Crippen MR) is 293 cm³/mol. The molecule has 2 nitrogen and oxygen atoms in total. The highest BCUT2D eigenvalue weighted by molar-refractivity contribution is 7.26. The molecule has 316 valence electrons. The fourth-order valence-corrected chi connectivity index (χ4v) is 12.8.